The lowest BCUT2D eigenvalue weighted by molar-refractivity contribution is 0.525. The van der Waals surface area contributed by atoms with Crippen molar-refractivity contribution in [1.29, 1.82) is 5.41 Å². The fourth-order valence-corrected chi connectivity index (χ4v) is 2.22. The van der Waals surface area contributed by atoms with Crippen LogP contribution < -0.4 is 0 Å². The highest BCUT2D eigenvalue weighted by molar-refractivity contribution is 7.99. The van der Waals surface area contributed by atoms with E-state index in [2.05, 4.69) is 41.5 Å². The van der Waals surface area contributed by atoms with E-state index in [0.717, 1.165) is 24.5 Å². The van der Waals surface area contributed by atoms with Gasteiger partial charge in [-0.3, -0.25) is 0 Å². The molecule has 0 radical (unpaired) electrons. The predicted molar refractivity (Wildman–Crippen MR) is 112 cm³/mol. The summed E-state index contributed by atoms with van der Waals surface area (Å²) in [6.07, 6.45) is 10.5. The number of hydrogen-bond donors (Lipinski definition) is 1. The SMILES string of the molecule is C.CCCC(C)=N.CCCCCCC(C)C.CCCSCC. The number of thioether (sulfide) groups is 1. The van der Waals surface area contributed by atoms with Gasteiger partial charge in [-0.1, -0.05) is 87.5 Å². The summed E-state index contributed by atoms with van der Waals surface area (Å²) in [5.41, 5.74) is 0.789. The zero-order chi connectivity index (χ0) is 16.9. The molecule has 22 heavy (non-hydrogen) atoms. The van der Waals surface area contributed by atoms with Gasteiger partial charge in [0.15, 0.2) is 0 Å². The second kappa shape index (κ2) is 29.1. The monoisotopic (exact) mass is 333 g/mol. The molecule has 0 bridgehead atoms. The fraction of sp³-hybridized carbons (Fsp3) is 0.950. The van der Waals surface area contributed by atoms with Crippen LogP contribution in [0.2, 0.25) is 0 Å². The van der Waals surface area contributed by atoms with Crippen LogP contribution in [0.3, 0.4) is 0 Å². The van der Waals surface area contributed by atoms with Gasteiger partial charge in [0.2, 0.25) is 0 Å². The van der Waals surface area contributed by atoms with Crippen LogP contribution in [0.4, 0.5) is 0 Å². The van der Waals surface area contributed by atoms with Crippen molar-refractivity contribution >= 4 is 17.5 Å². The highest BCUT2D eigenvalue weighted by atomic mass is 32.2. The van der Waals surface area contributed by atoms with E-state index in [1.807, 2.05) is 18.7 Å². The van der Waals surface area contributed by atoms with E-state index in [1.54, 1.807) is 0 Å². The Balaban J connectivity index is -0.000000112. The molecule has 0 aliphatic carbocycles. The first-order valence-electron chi connectivity index (χ1n) is 9.07. The van der Waals surface area contributed by atoms with Crippen molar-refractivity contribution < 1.29 is 0 Å². The topological polar surface area (TPSA) is 23.9 Å². The molecule has 0 spiro atoms. The van der Waals surface area contributed by atoms with Crippen molar-refractivity contribution in [2.24, 2.45) is 5.92 Å². The third-order valence-corrected chi connectivity index (χ3v) is 3.92. The molecule has 0 fully saturated rings. The van der Waals surface area contributed by atoms with Gasteiger partial charge < -0.3 is 5.41 Å². The quantitative estimate of drug-likeness (QED) is 0.316. The van der Waals surface area contributed by atoms with Crippen LogP contribution in [0.25, 0.3) is 0 Å². The van der Waals surface area contributed by atoms with Crippen molar-refractivity contribution in [3.63, 3.8) is 0 Å². The second-order valence-corrected chi connectivity index (χ2v) is 7.36. The largest absolute Gasteiger partial charge is 0.310 e. The lowest BCUT2D eigenvalue weighted by Gasteiger charge is -2.01. The molecule has 0 aliphatic heterocycles. The Bertz CT molecular complexity index is 175. The first-order valence-corrected chi connectivity index (χ1v) is 10.2. The zero-order valence-corrected chi connectivity index (χ0v) is 16.9. The number of rotatable bonds is 10. The Morgan fingerprint density at radius 2 is 1.50 bits per heavy atom. The molecule has 1 nitrogen and oxygen atoms in total. The second-order valence-electron chi connectivity index (χ2n) is 5.97. The van der Waals surface area contributed by atoms with Crippen LogP contribution in [-0.2, 0) is 0 Å². The minimum Gasteiger partial charge on any atom is -0.310 e. The van der Waals surface area contributed by atoms with E-state index in [1.165, 1.54) is 50.0 Å². The lowest BCUT2D eigenvalue weighted by Crippen LogP contribution is -1.86. The highest BCUT2D eigenvalue weighted by Gasteiger charge is 1.91. The van der Waals surface area contributed by atoms with Crippen molar-refractivity contribution in [2.75, 3.05) is 11.5 Å². The minimum atomic E-state index is 0. The first-order chi connectivity index (χ1) is 9.95. The van der Waals surface area contributed by atoms with Gasteiger partial charge in [0, 0.05) is 5.71 Å². The van der Waals surface area contributed by atoms with Crippen LogP contribution >= 0.6 is 11.8 Å². The van der Waals surface area contributed by atoms with Gasteiger partial charge in [0.1, 0.15) is 0 Å². The highest BCUT2D eigenvalue weighted by Crippen LogP contribution is 2.08. The molecule has 2 heteroatoms. The molecule has 0 saturated carbocycles. The lowest BCUT2D eigenvalue weighted by atomic mass is 10.1. The summed E-state index contributed by atoms with van der Waals surface area (Å²) in [5, 5.41) is 6.89. The molecule has 0 aromatic heterocycles. The van der Waals surface area contributed by atoms with Crippen molar-refractivity contribution in [3.8, 4) is 0 Å². The molecule has 0 unspecified atom stereocenters. The summed E-state index contributed by atoms with van der Waals surface area (Å²) >= 11 is 2.01. The van der Waals surface area contributed by atoms with Gasteiger partial charge in [-0.15, -0.1) is 0 Å². The molecule has 0 rings (SSSR count). The number of hydrogen-bond acceptors (Lipinski definition) is 2. The third kappa shape index (κ3) is 50.1. The molecule has 0 aromatic rings. The maximum atomic E-state index is 6.89. The van der Waals surface area contributed by atoms with E-state index in [-0.39, 0.29) is 7.43 Å². The Labute approximate surface area is 147 Å². The average Bonchev–Trinajstić information content (AvgIpc) is 2.42. The molecular weight excluding hydrogens is 286 g/mol. The van der Waals surface area contributed by atoms with Crippen molar-refractivity contribution in [3.05, 3.63) is 0 Å². The maximum Gasteiger partial charge on any atom is 0.00581 e. The van der Waals surface area contributed by atoms with Gasteiger partial charge >= 0.3 is 0 Å². The first kappa shape index (κ1) is 30.0. The van der Waals surface area contributed by atoms with Gasteiger partial charge in [-0.25, -0.2) is 0 Å². The molecule has 0 saturated heterocycles. The van der Waals surface area contributed by atoms with E-state index >= 15 is 0 Å². The standard InChI is InChI=1S/C9H20.C5H11N.C5H12S.CH4/c1-4-5-6-7-8-9(2)3;1-3-4-5(2)6;1-3-5-6-4-2;/h9H,4-8H2,1-3H3;6H,3-4H2,1-2H3;3-5H2,1-2H3;1H4. The third-order valence-electron chi connectivity index (χ3n) is 2.81. The summed E-state index contributed by atoms with van der Waals surface area (Å²) < 4.78 is 0. The van der Waals surface area contributed by atoms with E-state index in [9.17, 15) is 0 Å². The predicted octanol–water partition coefficient (Wildman–Crippen LogP) is 8.22. The summed E-state index contributed by atoms with van der Waals surface area (Å²) in [4.78, 5) is 0. The molecule has 0 heterocycles. The smallest absolute Gasteiger partial charge is 0.00581 e. The van der Waals surface area contributed by atoms with Gasteiger partial charge in [0.05, 0.1) is 0 Å². The average molecular weight is 334 g/mol. The minimum absolute atomic E-state index is 0. The van der Waals surface area contributed by atoms with Gasteiger partial charge in [0.25, 0.3) is 0 Å². The molecule has 0 aliphatic rings. The summed E-state index contributed by atoms with van der Waals surface area (Å²) in [6.45, 7) is 15.2. The Morgan fingerprint density at radius 3 is 1.73 bits per heavy atom. The fourth-order valence-electron chi connectivity index (χ4n) is 1.64. The Morgan fingerprint density at radius 1 is 0.909 bits per heavy atom. The van der Waals surface area contributed by atoms with Crippen LogP contribution in [-0.4, -0.2) is 17.2 Å². The van der Waals surface area contributed by atoms with Crippen LogP contribution in [0.15, 0.2) is 0 Å². The van der Waals surface area contributed by atoms with Crippen LogP contribution in [0.1, 0.15) is 107 Å². The summed E-state index contributed by atoms with van der Waals surface area (Å²) in [5.74, 6) is 3.51. The van der Waals surface area contributed by atoms with E-state index < -0.39 is 0 Å². The normalized spacial score (nSPS) is 9.09. The van der Waals surface area contributed by atoms with Crippen molar-refractivity contribution in [1.82, 2.24) is 0 Å². The van der Waals surface area contributed by atoms with E-state index in [0.29, 0.717) is 0 Å². The van der Waals surface area contributed by atoms with Crippen LogP contribution in [0.5, 0.6) is 0 Å². The summed E-state index contributed by atoms with van der Waals surface area (Å²) in [6, 6.07) is 0. The summed E-state index contributed by atoms with van der Waals surface area (Å²) in [7, 11) is 0. The Kier molecular flexibility index (Phi) is 39.6. The number of nitrogens with one attached hydrogen (secondary N) is 1. The molecule has 1 N–H and O–H groups in total. The molecule has 0 atom stereocenters. The maximum absolute atomic E-state index is 6.89. The van der Waals surface area contributed by atoms with Crippen molar-refractivity contribution in [2.45, 2.75) is 107 Å². The molecule has 0 aromatic carbocycles. The molecular formula is C20H47NS. The Hall–Kier alpha value is 0.0200. The van der Waals surface area contributed by atoms with E-state index in [4.69, 9.17) is 5.41 Å². The molecule has 0 amide bonds. The van der Waals surface area contributed by atoms with Crippen LogP contribution in [0, 0.1) is 11.3 Å². The number of unbranched alkanes of at least 4 members (excludes halogenated alkanes) is 3. The van der Waals surface area contributed by atoms with Gasteiger partial charge in [-0.2, -0.15) is 11.8 Å². The van der Waals surface area contributed by atoms with Gasteiger partial charge in [-0.05, 0) is 37.2 Å². The molecule has 138 valence electrons. The zero-order valence-electron chi connectivity index (χ0n) is 16.1.